The number of rotatable bonds is 5. The van der Waals surface area contributed by atoms with Crippen molar-refractivity contribution in [2.24, 2.45) is 5.73 Å². The van der Waals surface area contributed by atoms with Crippen molar-refractivity contribution >= 4 is 17.7 Å². The molecule has 1 aliphatic rings. The molecule has 110 valence electrons. The van der Waals surface area contributed by atoms with E-state index in [2.05, 4.69) is 11.6 Å². The number of amides is 1. The molecule has 2 atom stereocenters. The first-order valence-corrected chi connectivity index (χ1v) is 8.62. The molecule has 0 radical (unpaired) electrons. The predicted octanol–water partition coefficient (Wildman–Crippen LogP) is 2.48. The van der Waals surface area contributed by atoms with Crippen LogP contribution in [-0.4, -0.2) is 23.5 Å². The fraction of sp³-hybridized carbons (Fsp3) is 0.562. The quantitative estimate of drug-likeness (QED) is 0.876. The van der Waals surface area contributed by atoms with E-state index in [0.717, 1.165) is 17.5 Å². The second-order valence-electron chi connectivity index (χ2n) is 5.38. The average Bonchev–Trinajstić information content (AvgIpc) is 2.48. The van der Waals surface area contributed by atoms with Crippen molar-refractivity contribution < 1.29 is 4.79 Å². The van der Waals surface area contributed by atoms with Gasteiger partial charge in [0.25, 0.3) is 0 Å². The number of thioether (sulfide) groups is 1. The first kappa shape index (κ1) is 15.4. The number of carbonyl (C=O) groups is 1. The molecule has 1 aromatic carbocycles. The second kappa shape index (κ2) is 7.70. The number of nitrogens with two attached hydrogens (primary N) is 1. The van der Waals surface area contributed by atoms with Gasteiger partial charge < -0.3 is 11.1 Å². The van der Waals surface area contributed by atoms with Crippen LogP contribution in [0.25, 0.3) is 0 Å². The third kappa shape index (κ3) is 4.00. The van der Waals surface area contributed by atoms with Crippen LogP contribution in [0.1, 0.15) is 36.8 Å². The molecule has 3 nitrogen and oxygen atoms in total. The molecular formula is C16H24N2OS. The van der Waals surface area contributed by atoms with Gasteiger partial charge in [-0.05, 0) is 30.2 Å². The standard InChI is InChI=1S/C16H24N2OS/c1-20-15-9-5-4-8-14(15)18-16(19)10-12-6-2-3-7-13(12)11-17/h2-3,6-7,14-15H,4-5,8-11,17H2,1H3,(H,18,19). The number of nitrogens with one attached hydrogen (secondary N) is 1. The first-order chi connectivity index (χ1) is 9.74. The highest BCUT2D eigenvalue weighted by Gasteiger charge is 2.25. The van der Waals surface area contributed by atoms with Crippen molar-refractivity contribution in [1.82, 2.24) is 5.32 Å². The van der Waals surface area contributed by atoms with E-state index in [-0.39, 0.29) is 5.91 Å². The van der Waals surface area contributed by atoms with Gasteiger partial charge in [0.15, 0.2) is 0 Å². The van der Waals surface area contributed by atoms with Gasteiger partial charge >= 0.3 is 0 Å². The molecule has 1 amide bonds. The Kier molecular flexibility index (Phi) is 5.92. The van der Waals surface area contributed by atoms with E-state index in [1.54, 1.807) is 0 Å². The SMILES string of the molecule is CSC1CCCCC1NC(=O)Cc1ccccc1CN. The van der Waals surface area contributed by atoms with Gasteiger partial charge in [0.2, 0.25) is 5.91 Å². The summed E-state index contributed by atoms with van der Waals surface area (Å²) in [6, 6.07) is 8.25. The van der Waals surface area contributed by atoms with Crippen molar-refractivity contribution in [2.75, 3.05) is 6.26 Å². The highest BCUT2D eigenvalue weighted by Crippen LogP contribution is 2.27. The van der Waals surface area contributed by atoms with E-state index < -0.39 is 0 Å². The van der Waals surface area contributed by atoms with Gasteiger partial charge in [-0.15, -0.1) is 0 Å². The van der Waals surface area contributed by atoms with E-state index in [1.165, 1.54) is 19.3 Å². The molecule has 0 aromatic heterocycles. The third-order valence-electron chi connectivity index (χ3n) is 4.04. The lowest BCUT2D eigenvalue weighted by molar-refractivity contribution is -0.121. The Morgan fingerprint density at radius 1 is 1.30 bits per heavy atom. The minimum atomic E-state index is 0.122. The molecule has 1 saturated carbocycles. The molecule has 4 heteroatoms. The van der Waals surface area contributed by atoms with Crippen molar-refractivity contribution in [3.8, 4) is 0 Å². The van der Waals surface area contributed by atoms with Crippen LogP contribution < -0.4 is 11.1 Å². The molecule has 0 heterocycles. The van der Waals surface area contributed by atoms with Gasteiger partial charge in [-0.2, -0.15) is 11.8 Å². The van der Waals surface area contributed by atoms with Gasteiger partial charge in [0, 0.05) is 17.8 Å². The fourth-order valence-electron chi connectivity index (χ4n) is 2.90. The number of benzene rings is 1. The van der Waals surface area contributed by atoms with Crippen LogP contribution in [0.4, 0.5) is 0 Å². The van der Waals surface area contributed by atoms with E-state index in [1.807, 2.05) is 36.0 Å². The minimum Gasteiger partial charge on any atom is -0.352 e. The van der Waals surface area contributed by atoms with E-state index in [4.69, 9.17) is 5.73 Å². The average molecular weight is 292 g/mol. The summed E-state index contributed by atoms with van der Waals surface area (Å²) in [4.78, 5) is 12.2. The number of hydrogen-bond donors (Lipinski definition) is 2. The monoisotopic (exact) mass is 292 g/mol. The maximum Gasteiger partial charge on any atom is 0.224 e. The summed E-state index contributed by atoms with van der Waals surface area (Å²) in [5.74, 6) is 0.122. The largest absolute Gasteiger partial charge is 0.352 e. The Labute approximate surface area is 125 Å². The van der Waals surface area contributed by atoms with Gasteiger partial charge in [0.05, 0.1) is 6.42 Å². The van der Waals surface area contributed by atoms with Gasteiger partial charge in [-0.25, -0.2) is 0 Å². The Hall–Kier alpha value is -1.00. The van der Waals surface area contributed by atoms with E-state index in [9.17, 15) is 4.79 Å². The zero-order chi connectivity index (χ0) is 14.4. The molecular weight excluding hydrogens is 268 g/mol. The topological polar surface area (TPSA) is 55.1 Å². The molecule has 2 rings (SSSR count). The second-order valence-corrected chi connectivity index (χ2v) is 6.46. The lowest BCUT2D eigenvalue weighted by Gasteiger charge is -2.31. The molecule has 3 N–H and O–H groups in total. The van der Waals surface area contributed by atoms with Crippen LogP contribution in [-0.2, 0) is 17.8 Å². The molecule has 1 aliphatic carbocycles. The van der Waals surface area contributed by atoms with E-state index >= 15 is 0 Å². The molecule has 20 heavy (non-hydrogen) atoms. The maximum atomic E-state index is 12.2. The summed E-state index contributed by atoms with van der Waals surface area (Å²) in [6.45, 7) is 0.486. The van der Waals surface area contributed by atoms with Crippen LogP contribution in [0.2, 0.25) is 0 Å². The van der Waals surface area contributed by atoms with Gasteiger partial charge in [-0.3, -0.25) is 4.79 Å². The molecule has 2 unspecified atom stereocenters. The smallest absolute Gasteiger partial charge is 0.224 e. The van der Waals surface area contributed by atoms with Gasteiger partial charge in [0.1, 0.15) is 0 Å². The van der Waals surface area contributed by atoms with Crippen LogP contribution >= 0.6 is 11.8 Å². The Balaban J connectivity index is 1.94. The normalized spacial score (nSPS) is 22.5. The Morgan fingerprint density at radius 2 is 2.00 bits per heavy atom. The zero-order valence-electron chi connectivity index (χ0n) is 12.1. The maximum absolute atomic E-state index is 12.2. The van der Waals surface area contributed by atoms with Crippen LogP contribution in [0.5, 0.6) is 0 Å². The molecule has 1 aromatic rings. The molecule has 0 spiro atoms. The molecule has 0 saturated heterocycles. The van der Waals surface area contributed by atoms with Crippen molar-refractivity contribution in [1.29, 1.82) is 0 Å². The highest BCUT2D eigenvalue weighted by atomic mass is 32.2. The van der Waals surface area contributed by atoms with Crippen LogP contribution in [0, 0.1) is 0 Å². The lowest BCUT2D eigenvalue weighted by Crippen LogP contribution is -2.44. The molecule has 1 fully saturated rings. The van der Waals surface area contributed by atoms with Crippen molar-refractivity contribution in [3.05, 3.63) is 35.4 Å². The third-order valence-corrected chi connectivity index (χ3v) is 5.21. The fourth-order valence-corrected chi connectivity index (χ4v) is 3.84. The highest BCUT2D eigenvalue weighted by molar-refractivity contribution is 7.99. The lowest BCUT2D eigenvalue weighted by atomic mass is 9.94. The Morgan fingerprint density at radius 3 is 2.70 bits per heavy atom. The first-order valence-electron chi connectivity index (χ1n) is 7.33. The summed E-state index contributed by atoms with van der Waals surface area (Å²) in [5.41, 5.74) is 7.83. The summed E-state index contributed by atoms with van der Waals surface area (Å²) < 4.78 is 0. The van der Waals surface area contributed by atoms with E-state index in [0.29, 0.717) is 24.3 Å². The summed E-state index contributed by atoms with van der Waals surface area (Å²) in [6.07, 6.45) is 7.40. The Bertz CT molecular complexity index is 450. The summed E-state index contributed by atoms with van der Waals surface area (Å²) in [7, 11) is 0. The molecule has 0 aliphatic heterocycles. The van der Waals surface area contributed by atoms with Gasteiger partial charge in [-0.1, -0.05) is 37.1 Å². The number of carbonyl (C=O) groups excluding carboxylic acids is 1. The minimum absolute atomic E-state index is 0.122. The zero-order valence-corrected chi connectivity index (χ0v) is 12.9. The predicted molar refractivity (Wildman–Crippen MR) is 85.7 cm³/mol. The van der Waals surface area contributed by atoms with Crippen LogP contribution in [0.15, 0.2) is 24.3 Å². The summed E-state index contributed by atoms with van der Waals surface area (Å²) >= 11 is 1.88. The van der Waals surface area contributed by atoms with Crippen molar-refractivity contribution in [2.45, 2.75) is 49.9 Å². The number of hydrogen-bond acceptors (Lipinski definition) is 3. The molecule has 0 bridgehead atoms. The van der Waals surface area contributed by atoms with Crippen molar-refractivity contribution in [3.63, 3.8) is 0 Å². The van der Waals surface area contributed by atoms with Crippen LogP contribution in [0.3, 0.4) is 0 Å². The summed E-state index contributed by atoms with van der Waals surface area (Å²) in [5, 5.41) is 3.79.